The molecule has 2 aromatic heterocycles. The Balaban J connectivity index is 2.55. The molecule has 0 atom stereocenters. The summed E-state index contributed by atoms with van der Waals surface area (Å²) in [4.78, 5) is 8.38. The molecule has 0 aromatic carbocycles. The molecule has 0 saturated heterocycles. The van der Waals surface area contributed by atoms with Crippen molar-refractivity contribution in [2.24, 2.45) is 5.92 Å². The van der Waals surface area contributed by atoms with Crippen LogP contribution in [0.5, 0.6) is 0 Å². The van der Waals surface area contributed by atoms with Gasteiger partial charge < -0.3 is 0 Å². The molecule has 0 aliphatic carbocycles. The summed E-state index contributed by atoms with van der Waals surface area (Å²) < 4.78 is 1.81. The van der Waals surface area contributed by atoms with Gasteiger partial charge in [-0.25, -0.2) is 9.50 Å². The summed E-state index contributed by atoms with van der Waals surface area (Å²) in [5.74, 6) is 1.31. The molecule has 0 saturated carbocycles. The van der Waals surface area contributed by atoms with Crippen LogP contribution in [0.15, 0.2) is 12.4 Å². The molecule has 2 aromatic rings. The Hall–Kier alpha value is -1.45. The van der Waals surface area contributed by atoms with E-state index in [0.29, 0.717) is 11.7 Å². The molecule has 0 bridgehead atoms. The molecule has 2 heterocycles. The molecule has 74 valence electrons. The predicted molar refractivity (Wildman–Crippen MR) is 54.1 cm³/mol. The van der Waals surface area contributed by atoms with E-state index in [1.807, 2.05) is 11.4 Å². The van der Waals surface area contributed by atoms with Crippen LogP contribution in [-0.4, -0.2) is 19.6 Å². The average Bonchev–Trinajstić information content (AvgIpc) is 2.50. The number of rotatable bonds is 2. The summed E-state index contributed by atoms with van der Waals surface area (Å²) in [5, 5.41) is 4.16. The van der Waals surface area contributed by atoms with Gasteiger partial charge in [-0.1, -0.05) is 13.8 Å². The highest BCUT2D eigenvalue weighted by molar-refractivity contribution is 5.29. The van der Waals surface area contributed by atoms with E-state index in [1.54, 1.807) is 6.33 Å². The van der Waals surface area contributed by atoms with Crippen LogP contribution in [0, 0.1) is 12.8 Å². The molecule has 0 aliphatic rings. The predicted octanol–water partition coefficient (Wildman–Crippen LogP) is 1.63. The normalized spacial score (nSPS) is 11.4. The van der Waals surface area contributed by atoms with Gasteiger partial charge in [-0.05, 0) is 25.3 Å². The fourth-order valence-corrected chi connectivity index (χ4v) is 1.57. The lowest BCUT2D eigenvalue weighted by Crippen LogP contribution is -2.05. The maximum absolute atomic E-state index is 4.29. The molecule has 0 fully saturated rings. The molecule has 0 aliphatic heterocycles. The Kier molecular flexibility index (Phi) is 2.19. The maximum Gasteiger partial charge on any atom is 0.252 e. The van der Waals surface area contributed by atoms with E-state index >= 15 is 0 Å². The topological polar surface area (TPSA) is 43.1 Å². The quantitative estimate of drug-likeness (QED) is 0.723. The number of hydrogen-bond donors (Lipinski definition) is 0. The summed E-state index contributed by atoms with van der Waals surface area (Å²) in [5.41, 5.74) is 2.18. The van der Waals surface area contributed by atoms with E-state index in [4.69, 9.17) is 0 Å². The van der Waals surface area contributed by atoms with Gasteiger partial charge in [0.15, 0.2) is 0 Å². The zero-order chi connectivity index (χ0) is 10.1. The van der Waals surface area contributed by atoms with Crippen molar-refractivity contribution in [2.75, 3.05) is 0 Å². The summed E-state index contributed by atoms with van der Waals surface area (Å²) in [7, 11) is 0. The highest BCUT2D eigenvalue weighted by Gasteiger charge is 2.06. The lowest BCUT2D eigenvalue weighted by Gasteiger charge is -2.07. The van der Waals surface area contributed by atoms with Gasteiger partial charge in [0.2, 0.25) is 0 Å². The number of aromatic nitrogens is 4. The van der Waals surface area contributed by atoms with E-state index in [0.717, 1.165) is 12.1 Å². The molecule has 0 N–H and O–H groups in total. The van der Waals surface area contributed by atoms with Crippen molar-refractivity contribution in [1.82, 2.24) is 19.6 Å². The van der Waals surface area contributed by atoms with Crippen LogP contribution in [0.1, 0.15) is 25.2 Å². The molecular weight excluding hydrogens is 176 g/mol. The van der Waals surface area contributed by atoms with E-state index < -0.39 is 0 Å². The van der Waals surface area contributed by atoms with Crippen LogP contribution < -0.4 is 0 Å². The largest absolute Gasteiger partial charge is 0.252 e. The van der Waals surface area contributed by atoms with Crippen molar-refractivity contribution in [3.63, 3.8) is 0 Å². The third-order valence-corrected chi connectivity index (χ3v) is 2.07. The minimum absolute atomic E-state index is 0.615. The highest BCUT2D eigenvalue weighted by atomic mass is 15.3. The molecular formula is C10H14N4. The first kappa shape index (κ1) is 9.12. The number of nitrogens with zero attached hydrogens (tertiary/aromatic N) is 4. The van der Waals surface area contributed by atoms with Crippen LogP contribution in [0.3, 0.4) is 0 Å². The molecule has 4 heteroatoms. The molecule has 14 heavy (non-hydrogen) atoms. The van der Waals surface area contributed by atoms with Crippen molar-refractivity contribution >= 4 is 5.78 Å². The van der Waals surface area contributed by atoms with E-state index in [2.05, 4.69) is 35.0 Å². The van der Waals surface area contributed by atoms with Crippen LogP contribution >= 0.6 is 0 Å². The fourth-order valence-electron chi connectivity index (χ4n) is 1.57. The van der Waals surface area contributed by atoms with Gasteiger partial charge in [0.05, 0.1) is 0 Å². The number of hydrogen-bond acceptors (Lipinski definition) is 3. The third-order valence-electron chi connectivity index (χ3n) is 2.07. The minimum Gasteiger partial charge on any atom is -0.216 e. The van der Waals surface area contributed by atoms with Gasteiger partial charge in [-0.2, -0.15) is 10.1 Å². The molecule has 4 nitrogen and oxygen atoms in total. The number of aryl methyl sites for hydroxylation is 1. The van der Waals surface area contributed by atoms with E-state index in [-0.39, 0.29) is 0 Å². The second-order valence-corrected chi connectivity index (χ2v) is 3.96. The minimum atomic E-state index is 0.615. The Morgan fingerprint density at radius 2 is 2.21 bits per heavy atom. The molecule has 0 spiro atoms. The van der Waals surface area contributed by atoms with Crippen molar-refractivity contribution in [3.8, 4) is 0 Å². The van der Waals surface area contributed by atoms with E-state index in [9.17, 15) is 0 Å². The zero-order valence-corrected chi connectivity index (χ0v) is 8.73. The first-order valence-electron chi connectivity index (χ1n) is 4.83. The summed E-state index contributed by atoms with van der Waals surface area (Å²) in [6.07, 6.45) is 2.55. The fraction of sp³-hybridized carbons (Fsp3) is 0.500. The van der Waals surface area contributed by atoms with E-state index in [1.165, 1.54) is 5.69 Å². The van der Waals surface area contributed by atoms with Gasteiger partial charge in [0.25, 0.3) is 5.78 Å². The molecule has 0 amide bonds. The van der Waals surface area contributed by atoms with Gasteiger partial charge in [-0.3, -0.25) is 0 Å². The first-order chi connectivity index (χ1) is 6.66. The Morgan fingerprint density at radius 3 is 2.93 bits per heavy atom. The maximum atomic E-state index is 4.29. The third kappa shape index (κ3) is 1.60. The summed E-state index contributed by atoms with van der Waals surface area (Å²) >= 11 is 0. The Bertz CT molecular complexity index is 444. The molecule has 0 unspecified atom stereocenters. The van der Waals surface area contributed by atoms with Crippen molar-refractivity contribution in [3.05, 3.63) is 23.8 Å². The standard InChI is InChI=1S/C10H14N4/c1-7(2)4-9-5-8(3)13-10-11-6-12-14(9)10/h5-7H,4H2,1-3H3. The zero-order valence-electron chi connectivity index (χ0n) is 8.73. The van der Waals surface area contributed by atoms with Gasteiger partial charge in [0.1, 0.15) is 6.33 Å². The van der Waals surface area contributed by atoms with Gasteiger partial charge in [-0.15, -0.1) is 0 Å². The smallest absolute Gasteiger partial charge is 0.216 e. The highest BCUT2D eigenvalue weighted by Crippen LogP contribution is 2.09. The van der Waals surface area contributed by atoms with Crippen LogP contribution in [0.4, 0.5) is 0 Å². The van der Waals surface area contributed by atoms with Crippen LogP contribution in [0.25, 0.3) is 5.78 Å². The average molecular weight is 190 g/mol. The van der Waals surface area contributed by atoms with Crippen LogP contribution in [0.2, 0.25) is 0 Å². The van der Waals surface area contributed by atoms with Crippen LogP contribution in [-0.2, 0) is 6.42 Å². The van der Waals surface area contributed by atoms with Crippen molar-refractivity contribution in [1.29, 1.82) is 0 Å². The lowest BCUT2D eigenvalue weighted by molar-refractivity contribution is 0.618. The number of fused-ring (bicyclic) bond motifs is 1. The first-order valence-corrected chi connectivity index (χ1v) is 4.83. The lowest BCUT2D eigenvalue weighted by atomic mass is 10.1. The van der Waals surface area contributed by atoms with Gasteiger partial charge in [0, 0.05) is 11.4 Å². The SMILES string of the molecule is Cc1cc(CC(C)C)n2ncnc2n1. The second-order valence-electron chi connectivity index (χ2n) is 3.96. The summed E-state index contributed by atoms with van der Waals surface area (Å²) in [6.45, 7) is 6.37. The van der Waals surface area contributed by atoms with Crippen molar-refractivity contribution < 1.29 is 0 Å². The second kappa shape index (κ2) is 3.36. The molecule has 2 rings (SSSR count). The summed E-state index contributed by atoms with van der Waals surface area (Å²) in [6, 6.07) is 2.07. The van der Waals surface area contributed by atoms with Crippen molar-refractivity contribution in [2.45, 2.75) is 27.2 Å². The Morgan fingerprint density at radius 1 is 1.43 bits per heavy atom. The Labute approximate surface area is 83.0 Å². The monoisotopic (exact) mass is 190 g/mol. The van der Waals surface area contributed by atoms with Gasteiger partial charge >= 0.3 is 0 Å². The molecule has 0 radical (unpaired) electrons.